The molecule has 1 unspecified atom stereocenters. The van der Waals surface area contributed by atoms with Gasteiger partial charge in [0, 0.05) is 43.5 Å². The lowest BCUT2D eigenvalue weighted by molar-refractivity contribution is -0.142. The largest absolute Gasteiger partial charge is 0.350 e. The quantitative estimate of drug-likeness (QED) is 0.314. The van der Waals surface area contributed by atoms with Crippen LogP contribution in [0.4, 0.5) is 0 Å². The SMILES string of the molecule is CN(CCCC(=O)N(Cc1ccc(Cl)cc1)C(Cc1ccccc1)C(=O)NC(C)(C)C)S(=O)(=O)c1ccccc1. The first-order chi connectivity index (χ1) is 18.9. The van der Waals surface area contributed by atoms with Gasteiger partial charge < -0.3 is 10.2 Å². The molecule has 0 radical (unpaired) electrons. The van der Waals surface area contributed by atoms with E-state index < -0.39 is 21.6 Å². The number of carbonyl (C=O) groups excluding carboxylic acids is 2. The molecule has 3 aromatic carbocycles. The zero-order valence-corrected chi connectivity index (χ0v) is 25.1. The van der Waals surface area contributed by atoms with Gasteiger partial charge in [-0.15, -0.1) is 0 Å². The maximum Gasteiger partial charge on any atom is 0.243 e. The Morgan fingerprint density at radius 3 is 2.02 bits per heavy atom. The summed E-state index contributed by atoms with van der Waals surface area (Å²) >= 11 is 6.08. The number of hydrogen-bond acceptors (Lipinski definition) is 4. The molecule has 0 aliphatic rings. The maximum atomic E-state index is 13.8. The molecule has 3 aromatic rings. The van der Waals surface area contributed by atoms with Crippen molar-refractivity contribution in [3.05, 3.63) is 101 Å². The van der Waals surface area contributed by atoms with Gasteiger partial charge >= 0.3 is 0 Å². The Morgan fingerprint density at radius 1 is 0.875 bits per heavy atom. The van der Waals surface area contributed by atoms with E-state index in [4.69, 9.17) is 11.6 Å². The van der Waals surface area contributed by atoms with Crippen molar-refractivity contribution in [2.24, 2.45) is 0 Å². The highest BCUT2D eigenvalue weighted by molar-refractivity contribution is 7.89. The highest BCUT2D eigenvalue weighted by Crippen LogP contribution is 2.20. The first-order valence-electron chi connectivity index (χ1n) is 13.3. The maximum absolute atomic E-state index is 13.8. The molecule has 0 heterocycles. The van der Waals surface area contributed by atoms with Crippen LogP contribution in [0.15, 0.2) is 89.8 Å². The van der Waals surface area contributed by atoms with E-state index in [-0.39, 0.29) is 36.2 Å². The number of hydrogen-bond donors (Lipinski definition) is 1. The molecule has 214 valence electrons. The summed E-state index contributed by atoms with van der Waals surface area (Å²) in [6, 6.07) is 24.2. The fourth-order valence-electron chi connectivity index (χ4n) is 4.28. The Balaban J connectivity index is 1.84. The van der Waals surface area contributed by atoms with Crippen molar-refractivity contribution in [3.63, 3.8) is 0 Å². The summed E-state index contributed by atoms with van der Waals surface area (Å²) in [7, 11) is -2.16. The summed E-state index contributed by atoms with van der Waals surface area (Å²) in [6.45, 7) is 6.08. The lowest BCUT2D eigenvalue weighted by Gasteiger charge is -2.34. The molecule has 9 heteroatoms. The van der Waals surface area contributed by atoms with E-state index in [2.05, 4.69) is 5.32 Å². The fourth-order valence-corrected chi connectivity index (χ4v) is 5.64. The second-order valence-corrected chi connectivity index (χ2v) is 13.3. The molecular formula is C31H38ClN3O4S. The second kappa shape index (κ2) is 13.9. The molecule has 0 spiro atoms. The van der Waals surface area contributed by atoms with E-state index in [1.165, 1.54) is 11.4 Å². The molecule has 3 rings (SSSR count). The molecular weight excluding hydrogens is 546 g/mol. The number of amides is 2. The van der Waals surface area contributed by atoms with Gasteiger partial charge in [0.1, 0.15) is 6.04 Å². The normalized spacial score (nSPS) is 12.7. The van der Waals surface area contributed by atoms with Crippen LogP contribution in [0.3, 0.4) is 0 Å². The van der Waals surface area contributed by atoms with Crippen molar-refractivity contribution in [2.75, 3.05) is 13.6 Å². The van der Waals surface area contributed by atoms with E-state index in [9.17, 15) is 18.0 Å². The summed E-state index contributed by atoms with van der Waals surface area (Å²) in [6.07, 6.45) is 0.720. The third-order valence-corrected chi connectivity index (χ3v) is 8.47. The molecule has 1 N–H and O–H groups in total. The Labute approximate surface area is 243 Å². The van der Waals surface area contributed by atoms with E-state index in [0.717, 1.165) is 11.1 Å². The minimum absolute atomic E-state index is 0.0797. The zero-order chi connectivity index (χ0) is 29.3. The van der Waals surface area contributed by atoms with Gasteiger partial charge in [0.15, 0.2) is 0 Å². The van der Waals surface area contributed by atoms with Crippen molar-refractivity contribution < 1.29 is 18.0 Å². The molecule has 0 bridgehead atoms. The number of rotatable bonds is 12. The monoisotopic (exact) mass is 583 g/mol. The average Bonchev–Trinajstić information content (AvgIpc) is 2.91. The van der Waals surface area contributed by atoms with Crippen molar-refractivity contribution in [1.82, 2.24) is 14.5 Å². The summed E-state index contributed by atoms with van der Waals surface area (Å²) in [5.74, 6) is -0.479. The molecule has 0 fully saturated rings. The molecule has 7 nitrogen and oxygen atoms in total. The average molecular weight is 584 g/mol. The minimum Gasteiger partial charge on any atom is -0.350 e. The van der Waals surface area contributed by atoms with Gasteiger partial charge in [-0.2, -0.15) is 0 Å². The predicted molar refractivity (Wildman–Crippen MR) is 159 cm³/mol. The van der Waals surface area contributed by atoms with Gasteiger partial charge in [-0.3, -0.25) is 9.59 Å². The third-order valence-electron chi connectivity index (χ3n) is 6.35. The number of nitrogens with zero attached hydrogens (tertiary/aromatic N) is 2. The summed E-state index contributed by atoms with van der Waals surface area (Å²) in [4.78, 5) is 29.2. The first kappa shape index (κ1) is 31.3. The van der Waals surface area contributed by atoms with Gasteiger partial charge in [-0.05, 0) is 62.6 Å². The number of carbonyl (C=O) groups is 2. The molecule has 0 saturated carbocycles. The molecule has 1 atom stereocenters. The van der Waals surface area contributed by atoms with Crippen LogP contribution in [0.2, 0.25) is 5.02 Å². The smallest absolute Gasteiger partial charge is 0.243 e. The predicted octanol–water partition coefficient (Wildman–Crippen LogP) is 5.30. The molecule has 0 aromatic heterocycles. The van der Waals surface area contributed by atoms with Crippen molar-refractivity contribution in [2.45, 2.75) is 63.1 Å². The Bertz CT molecular complexity index is 1360. The lowest BCUT2D eigenvalue weighted by atomic mass is 10.00. The van der Waals surface area contributed by atoms with Crippen LogP contribution in [0.1, 0.15) is 44.7 Å². The summed E-state index contributed by atoms with van der Waals surface area (Å²) < 4.78 is 27.1. The van der Waals surface area contributed by atoms with Gasteiger partial charge in [0.05, 0.1) is 4.90 Å². The van der Waals surface area contributed by atoms with Gasteiger partial charge in [0.25, 0.3) is 0 Å². The molecule has 0 aliphatic heterocycles. The van der Waals surface area contributed by atoms with Crippen molar-refractivity contribution >= 4 is 33.4 Å². The first-order valence-corrected chi connectivity index (χ1v) is 15.1. The Morgan fingerprint density at radius 2 is 1.45 bits per heavy atom. The fraction of sp³-hybridized carbons (Fsp3) is 0.355. The number of benzene rings is 3. The Kier molecular flexibility index (Phi) is 10.9. The number of nitrogens with one attached hydrogen (secondary N) is 1. The summed E-state index contributed by atoms with van der Waals surface area (Å²) in [5, 5.41) is 3.62. The molecule has 2 amide bonds. The summed E-state index contributed by atoms with van der Waals surface area (Å²) in [5.41, 5.74) is 1.28. The van der Waals surface area contributed by atoms with E-state index in [1.807, 2.05) is 63.2 Å². The van der Waals surface area contributed by atoms with Crippen LogP contribution in [0.5, 0.6) is 0 Å². The van der Waals surface area contributed by atoms with Crippen LogP contribution in [-0.2, 0) is 32.6 Å². The van der Waals surface area contributed by atoms with Crippen molar-refractivity contribution in [3.8, 4) is 0 Å². The van der Waals surface area contributed by atoms with E-state index in [1.54, 1.807) is 47.4 Å². The van der Waals surface area contributed by atoms with Crippen LogP contribution in [0.25, 0.3) is 0 Å². The van der Waals surface area contributed by atoms with Gasteiger partial charge in [0.2, 0.25) is 21.8 Å². The molecule has 40 heavy (non-hydrogen) atoms. The Hall–Kier alpha value is -3.20. The van der Waals surface area contributed by atoms with Gasteiger partial charge in [-0.1, -0.05) is 72.3 Å². The number of sulfonamides is 1. The van der Waals surface area contributed by atoms with Crippen LogP contribution >= 0.6 is 11.6 Å². The zero-order valence-electron chi connectivity index (χ0n) is 23.5. The van der Waals surface area contributed by atoms with E-state index in [0.29, 0.717) is 17.9 Å². The van der Waals surface area contributed by atoms with Gasteiger partial charge in [-0.25, -0.2) is 12.7 Å². The van der Waals surface area contributed by atoms with Crippen LogP contribution in [0, 0.1) is 0 Å². The van der Waals surface area contributed by atoms with Crippen LogP contribution in [-0.4, -0.2) is 54.6 Å². The molecule has 0 aliphatic carbocycles. The standard InChI is InChI=1S/C31H38ClN3O4S/c1-31(2,3)33-30(37)28(22-24-12-7-5-8-13-24)35(23-25-17-19-26(32)20-18-25)29(36)16-11-21-34(4)40(38,39)27-14-9-6-10-15-27/h5-10,12-15,17-20,28H,11,16,21-23H2,1-4H3,(H,33,37). The van der Waals surface area contributed by atoms with E-state index >= 15 is 0 Å². The topological polar surface area (TPSA) is 86.8 Å². The third kappa shape index (κ3) is 9.18. The van der Waals surface area contributed by atoms with Crippen LogP contribution < -0.4 is 5.32 Å². The lowest BCUT2D eigenvalue weighted by Crippen LogP contribution is -2.54. The number of halogens is 1. The molecule has 0 saturated heterocycles. The highest BCUT2D eigenvalue weighted by atomic mass is 35.5. The minimum atomic E-state index is -3.67. The highest BCUT2D eigenvalue weighted by Gasteiger charge is 2.32. The van der Waals surface area contributed by atoms with Crippen molar-refractivity contribution in [1.29, 1.82) is 0 Å². The second-order valence-electron chi connectivity index (χ2n) is 10.8.